The van der Waals surface area contributed by atoms with Gasteiger partial charge in [0.2, 0.25) is 5.91 Å². The van der Waals surface area contributed by atoms with Crippen molar-refractivity contribution in [2.75, 3.05) is 18.4 Å². The second-order valence-electron chi connectivity index (χ2n) is 8.39. The van der Waals surface area contributed by atoms with Gasteiger partial charge in [0.15, 0.2) is 11.4 Å². The van der Waals surface area contributed by atoms with E-state index in [-0.39, 0.29) is 49.8 Å². The topological polar surface area (TPSA) is 422 Å². The maximum absolute atomic E-state index is 12.7. The number of phenolic OH excluding ortho intramolecular Hbond substituents is 2. The SMILES string of the molecule is CC(=O)Nc1c(O)ccc2c1Oc1cc(O)ccc1C21OC(=O)c2ccccc21.NCCN.O=[N+]([O-])[O-].O=[N+]([O-])[O-].O=[N+]([O-])[O-].O=[N+]([O-])[O-].[Pt+4]. The number of carbonyl (C=O) groups is 2. The number of phenols is 2. The summed E-state index contributed by atoms with van der Waals surface area (Å²) in [5, 5.41) is 81.9. The average Bonchev–Trinajstić information content (AvgIpc) is 3.26. The Hall–Kier alpha value is -6.59. The van der Waals surface area contributed by atoms with Crippen LogP contribution in [0.4, 0.5) is 5.69 Å². The predicted molar refractivity (Wildman–Crippen MR) is 162 cm³/mol. The number of hydrogen-bond donors (Lipinski definition) is 5. The molecule has 7 N–H and O–H groups in total. The standard InChI is InChI=1S/C22H15NO6.C2H8N2.4NO3.Pt/c1-11(24)23-19-17(26)9-8-16-20(19)28-18-10-12(25)6-7-15(18)22(16)14-5-3-2-4-13(14)21(27)29-22;3-1-2-4;4*2-1(3)4;/h2-10,25-26H,1H3,(H,23,24);1-4H2;;;;;/q;;4*-1;+4. The Morgan fingerprint density at radius 2 is 1.24 bits per heavy atom. The second kappa shape index (κ2) is 21.3. The van der Waals surface area contributed by atoms with Crippen LogP contribution in [0.25, 0.3) is 0 Å². The van der Waals surface area contributed by atoms with Gasteiger partial charge in [0.25, 0.3) is 0 Å². The van der Waals surface area contributed by atoms with Crippen LogP contribution in [-0.4, -0.2) is 55.5 Å². The van der Waals surface area contributed by atoms with Gasteiger partial charge < -0.3 is 97.8 Å². The maximum atomic E-state index is 12.7. The molecule has 5 rings (SSSR count). The van der Waals surface area contributed by atoms with Crippen LogP contribution >= 0.6 is 0 Å². The Morgan fingerprint density at radius 3 is 1.70 bits per heavy atom. The van der Waals surface area contributed by atoms with Crippen molar-refractivity contribution in [3.63, 3.8) is 0 Å². The molecular formula is C24H23N7O18Pt. The Kier molecular flexibility index (Phi) is 19.4. The fourth-order valence-electron chi connectivity index (χ4n) is 4.01. The average molecular weight is 893 g/mol. The van der Waals surface area contributed by atoms with E-state index in [4.69, 9.17) is 82.2 Å². The van der Waals surface area contributed by atoms with E-state index in [2.05, 4.69) is 5.32 Å². The van der Waals surface area contributed by atoms with Gasteiger partial charge in [-0.25, -0.2) is 4.79 Å². The number of esters is 1. The molecular weight excluding hydrogens is 869 g/mol. The molecule has 50 heavy (non-hydrogen) atoms. The summed E-state index contributed by atoms with van der Waals surface area (Å²) in [7, 11) is 0. The molecule has 2 heterocycles. The number of nitrogens with two attached hydrogens (primary N) is 2. The summed E-state index contributed by atoms with van der Waals surface area (Å²) in [5.41, 5.74) is 10.5. The first kappa shape index (κ1) is 45.5. The minimum absolute atomic E-state index is 0. The molecule has 1 unspecified atom stereocenters. The normalized spacial score (nSPS) is 13.1. The van der Waals surface area contributed by atoms with E-state index < -0.39 is 37.8 Å². The number of carbonyl (C=O) groups excluding carboxylic acids is 2. The van der Waals surface area contributed by atoms with Gasteiger partial charge in [0.1, 0.15) is 22.9 Å². The molecule has 3 aromatic rings. The fourth-order valence-corrected chi connectivity index (χ4v) is 4.01. The van der Waals surface area contributed by atoms with Crippen molar-refractivity contribution in [1.82, 2.24) is 0 Å². The van der Waals surface area contributed by atoms with Crippen LogP contribution in [0.3, 0.4) is 0 Å². The summed E-state index contributed by atoms with van der Waals surface area (Å²) >= 11 is 0. The zero-order valence-electron chi connectivity index (χ0n) is 24.8. The summed E-state index contributed by atoms with van der Waals surface area (Å²) in [5.74, 6) is -0.753. The molecule has 25 nitrogen and oxygen atoms in total. The molecule has 0 saturated carbocycles. The number of aromatic hydroxyl groups is 2. The van der Waals surface area contributed by atoms with Gasteiger partial charge in [-0.15, -0.1) is 0 Å². The largest absolute Gasteiger partial charge is 4.00 e. The summed E-state index contributed by atoms with van der Waals surface area (Å²) in [6.45, 7) is 2.50. The number of fused-ring (bicyclic) bond motifs is 6. The van der Waals surface area contributed by atoms with Gasteiger partial charge in [-0.3, -0.25) is 4.79 Å². The van der Waals surface area contributed by atoms with E-state index in [9.17, 15) is 19.8 Å². The predicted octanol–water partition coefficient (Wildman–Crippen LogP) is 1.57. The zero-order valence-corrected chi connectivity index (χ0v) is 27.1. The van der Waals surface area contributed by atoms with Crippen LogP contribution in [0.5, 0.6) is 23.0 Å². The Morgan fingerprint density at radius 1 is 0.780 bits per heavy atom. The number of nitrogens with one attached hydrogen (secondary N) is 1. The van der Waals surface area contributed by atoms with E-state index >= 15 is 0 Å². The van der Waals surface area contributed by atoms with Crippen molar-refractivity contribution in [2.45, 2.75) is 12.5 Å². The number of nitrogens with zero attached hydrogens (tertiary/aromatic N) is 4. The van der Waals surface area contributed by atoms with Gasteiger partial charge >= 0.3 is 27.0 Å². The van der Waals surface area contributed by atoms with Crippen molar-refractivity contribution >= 4 is 17.6 Å². The Bertz CT molecular complexity index is 1610. The van der Waals surface area contributed by atoms with E-state index in [0.717, 1.165) is 0 Å². The molecule has 0 fully saturated rings. The van der Waals surface area contributed by atoms with Crippen LogP contribution in [0.15, 0.2) is 54.6 Å². The molecule has 0 aliphatic carbocycles. The third kappa shape index (κ3) is 13.6. The number of benzene rings is 3. The number of hydrogen-bond acceptors (Lipinski definition) is 20. The van der Waals surface area contributed by atoms with E-state index in [1.807, 2.05) is 0 Å². The van der Waals surface area contributed by atoms with Crippen LogP contribution in [0, 0.1) is 61.3 Å². The fraction of sp³-hybridized carbons (Fsp3) is 0.167. The first-order valence-electron chi connectivity index (χ1n) is 12.4. The second-order valence-corrected chi connectivity index (χ2v) is 8.39. The molecule has 0 saturated heterocycles. The van der Waals surface area contributed by atoms with Crippen molar-refractivity contribution in [3.05, 3.63) is 138 Å². The summed E-state index contributed by atoms with van der Waals surface area (Å²) in [6, 6.07) is 14.5. The monoisotopic (exact) mass is 892 g/mol. The zero-order chi connectivity index (χ0) is 38.1. The third-order valence-electron chi connectivity index (χ3n) is 5.31. The van der Waals surface area contributed by atoms with E-state index in [1.165, 1.54) is 25.1 Å². The quantitative estimate of drug-likeness (QED) is 0.105. The first-order valence-corrected chi connectivity index (χ1v) is 12.4. The Balaban J connectivity index is 0. The number of ether oxygens (including phenoxy) is 2. The minimum Gasteiger partial charge on any atom is -0.508 e. The molecule has 2 aliphatic rings. The molecule has 272 valence electrons. The Labute approximate surface area is 291 Å². The maximum Gasteiger partial charge on any atom is 4.00 e. The van der Waals surface area contributed by atoms with Crippen LogP contribution in [-0.2, 0) is 36.2 Å². The third-order valence-corrected chi connectivity index (χ3v) is 5.31. The van der Waals surface area contributed by atoms with E-state index in [1.54, 1.807) is 36.4 Å². The molecule has 1 atom stereocenters. The molecule has 1 spiro atoms. The molecule has 0 aromatic heterocycles. The van der Waals surface area contributed by atoms with Crippen molar-refractivity contribution < 1.29 is 70.7 Å². The minimum atomic E-state index is -1.75. The summed E-state index contributed by atoms with van der Waals surface area (Å²) in [4.78, 5) is 57.4. The van der Waals surface area contributed by atoms with Gasteiger partial charge in [0.05, 0.1) is 31.5 Å². The molecule has 3 aromatic carbocycles. The van der Waals surface area contributed by atoms with Gasteiger partial charge in [-0.2, -0.15) is 0 Å². The number of rotatable bonds is 2. The smallest absolute Gasteiger partial charge is 0.508 e. The summed E-state index contributed by atoms with van der Waals surface area (Å²) < 4.78 is 11.9. The van der Waals surface area contributed by atoms with Gasteiger partial charge in [-0.1, -0.05) is 18.2 Å². The van der Waals surface area contributed by atoms with Gasteiger partial charge in [0, 0.05) is 37.2 Å². The van der Waals surface area contributed by atoms with E-state index in [0.29, 0.717) is 35.3 Å². The van der Waals surface area contributed by atoms with Crippen molar-refractivity contribution in [3.8, 4) is 23.0 Å². The van der Waals surface area contributed by atoms with Crippen LogP contribution in [0.2, 0.25) is 0 Å². The molecule has 0 radical (unpaired) electrons. The molecule has 26 heteroatoms. The van der Waals surface area contributed by atoms with Crippen LogP contribution < -0.4 is 21.5 Å². The molecule has 1 amide bonds. The van der Waals surface area contributed by atoms with Crippen molar-refractivity contribution in [2.24, 2.45) is 11.5 Å². The van der Waals surface area contributed by atoms with Crippen LogP contribution in [0.1, 0.15) is 34.0 Å². The van der Waals surface area contributed by atoms with Gasteiger partial charge in [-0.05, 0) is 30.3 Å². The first-order chi connectivity index (χ1) is 22.8. The van der Waals surface area contributed by atoms with Crippen molar-refractivity contribution in [1.29, 1.82) is 0 Å². The molecule has 0 bridgehead atoms. The number of anilines is 1. The number of amides is 1. The summed E-state index contributed by atoms with van der Waals surface area (Å²) in [6.07, 6.45) is 0. The molecule has 2 aliphatic heterocycles.